The van der Waals surface area contributed by atoms with E-state index >= 15 is 0 Å². The first-order chi connectivity index (χ1) is 10.3. The number of nitrogens with zero attached hydrogens (tertiary/aromatic N) is 1. The normalized spacial score (nSPS) is 12.5. The van der Waals surface area contributed by atoms with Gasteiger partial charge in [0.15, 0.2) is 0 Å². The number of carbonyl (C=O) groups excluding carboxylic acids is 1. The number of benzene rings is 1. The lowest BCUT2D eigenvalue weighted by Gasteiger charge is -2.28. The molecule has 1 aromatic rings. The van der Waals surface area contributed by atoms with Crippen LogP contribution in [0.25, 0.3) is 0 Å². The zero-order chi connectivity index (χ0) is 16.8. The van der Waals surface area contributed by atoms with Gasteiger partial charge in [-0.3, -0.25) is 9.10 Å². The van der Waals surface area contributed by atoms with E-state index in [4.69, 9.17) is 9.47 Å². The Balaban J connectivity index is 3.00. The molecule has 1 atom stereocenters. The van der Waals surface area contributed by atoms with Crippen LogP contribution in [0.2, 0.25) is 0 Å². The molecule has 0 aliphatic carbocycles. The highest BCUT2D eigenvalue weighted by atomic mass is 32.2. The maximum atomic E-state index is 12.1. The summed E-state index contributed by atoms with van der Waals surface area (Å²) in [7, 11) is -0.565. The first kappa shape index (κ1) is 18.2. The summed E-state index contributed by atoms with van der Waals surface area (Å²) in [6.45, 7) is 2.22. The van der Waals surface area contributed by atoms with E-state index in [1.54, 1.807) is 24.3 Å². The number of methoxy groups -OCH3 is 2. The van der Waals surface area contributed by atoms with Gasteiger partial charge in [-0.05, 0) is 31.2 Å². The second-order valence-electron chi connectivity index (χ2n) is 4.72. The smallest absolute Gasteiger partial charge is 0.243 e. The van der Waals surface area contributed by atoms with Gasteiger partial charge in [-0.1, -0.05) is 0 Å². The standard InChI is InChI=1S/C14H22N2O5S/c1-11(14(17)15-9-10-20-2)16(22(4,18)19)12-5-7-13(21-3)8-6-12/h5-8,11H,9-10H2,1-4H3,(H,15,17). The maximum Gasteiger partial charge on any atom is 0.243 e. The van der Waals surface area contributed by atoms with E-state index in [0.717, 1.165) is 10.6 Å². The van der Waals surface area contributed by atoms with Crippen LogP contribution in [0.5, 0.6) is 5.75 Å². The predicted molar refractivity (Wildman–Crippen MR) is 84.7 cm³/mol. The fourth-order valence-electron chi connectivity index (χ4n) is 1.96. The van der Waals surface area contributed by atoms with Gasteiger partial charge in [0, 0.05) is 13.7 Å². The van der Waals surface area contributed by atoms with Crippen molar-refractivity contribution in [2.45, 2.75) is 13.0 Å². The van der Waals surface area contributed by atoms with Gasteiger partial charge in [0.05, 0.1) is 25.7 Å². The fourth-order valence-corrected chi connectivity index (χ4v) is 3.14. The van der Waals surface area contributed by atoms with Gasteiger partial charge in [-0.15, -0.1) is 0 Å². The Morgan fingerprint density at radius 2 is 1.86 bits per heavy atom. The molecule has 0 fully saturated rings. The van der Waals surface area contributed by atoms with Crippen molar-refractivity contribution in [3.05, 3.63) is 24.3 Å². The quantitative estimate of drug-likeness (QED) is 0.706. The molecular formula is C14H22N2O5S. The highest BCUT2D eigenvalue weighted by Crippen LogP contribution is 2.23. The van der Waals surface area contributed by atoms with Crippen LogP contribution in [0.3, 0.4) is 0 Å². The monoisotopic (exact) mass is 330 g/mol. The number of carbonyl (C=O) groups is 1. The third-order valence-corrected chi connectivity index (χ3v) is 4.26. The lowest BCUT2D eigenvalue weighted by Crippen LogP contribution is -2.48. The zero-order valence-electron chi connectivity index (χ0n) is 13.2. The number of hydrogen-bond acceptors (Lipinski definition) is 5. The van der Waals surface area contributed by atoms with Crippen molar-refractivity contribution in [3.8, 4) is 5.75 Å². The van der Waals surface area contributed by atoms with E-state index in [9.17, 15) is 13.2 Å². The molecule has 124 valence electrons. The van der Waals surface area contributed by atoms with Crippen LogP contribution in [0.1, 0.15) is 6.92 Å². The molecule has 8 heteroatoms. The molecule has 22 heavy (non-hydrogen) atoms. The third-order valence-electron chi connectivity index (χ3n) is 3.02. The van der Waals surface area contributed by atoms with Crippen LogP contribution < -0.4 is 14.4 Å². The van der Waals surface area contributed by atoms with E-state index in [0.29, 0.717) is 24.6 Å². The van der Waals surface area contributed by atoms with Crippen LogP contribution >= 0.6 is 0 Å². The Labute approximate surface area is 131 Å². The second kappa shape index (κ2) is 8.00. The van der Waals surface area contributed by atoms with Crippen molar-refractivity contribution >= 4 is 21.6 Å². The van der Waals surface area contributed by atoms with Crippen molar-refractivity contribution in [2.75, 3.05) is 37.9 Å². The van der Waals surface area contributed by atoms with E-state index in [2.05, 4.69) is 5.32 Å². The van der Waals surface area contributed by atoms with Crippen LogP contribution in [-0.2, 0) is 19.6 Å². The molecule has 0 aliphatic heterocycles. The molecule has 0 aromatic heterocycles. The first-order valence-electron chi connectivity index (χ1n) is 6.71. The Morgan fingerprint density at radius 3 is 2.32 bits per heavy atom. The molecule has 0 heterocycles. The van der Waals surface area contributed by atoms with Gasteiger partial charge < -0.3 is 14.8 Å². The van der Waals surface area contributed by atoms with Gasteiger partial charge in [0.25, 0.3) is 0 Å². The highest BCUT2D eigenvalue weighted by Gasteiger charge is 2.28. The average Bonchev–Trinajstić information content (AvgIpc) is 2.46. The average molecular weight is 330 g/mol. The summed E-state index contributed by atoms with van der Waals surface area (Å²) in [6.07, 6.45) is 1.07. The van der Waals surface area contributed by atoms with Crippen molar-refractivity contribution in [2.24, 2.45) is 0 Å². The Hall–Kier alpha value is -1.80. The number of sulfonamides is 1. The Morgan fingerprint density at radius 1 is 1.27 bits per heavy atom. The van der Waals surface area contributed by atoms with E-state index < -0.39 is 22.0 Å². The molecule has 1 unspecified atom stereocenters. The minimum Gasteiger partial charge on any atom is -0.497 e. The van der Waals surface area contributed by atoms with Crippen LogP contribution in [0, 0.1) is 0 Å². The van der Waals surface area contributed by atoms with Gasteiger partial charge in [-0.2, -0.15) is 0 Å². The second-order valence-corrected chi connectivity index (χ2v) is 6.58. The number of hydrogen-bond donors (Lipinski definition) is 1. The molecule has 0 spiro atoms. The van der Waals surface area contributed by atoms with Gasteiger partial charge in [0.1, 0.15) is 11.8 Å². The van der Waals surface area contributed by atoms with Crippen molar-refractivity contribution < 1.29 is 22.7 Å². The Bertz CT molecular complexity index is 586. The number of rotatable bonds is 8. The molecule has 0 bridgehead atoms. The third kappa shape index (κ3) is 4.88. The number of nitrogens with one attached hydrogen (secondary N) is 1. The lowest BCUT2D eigenvalue weighted by molar-refractivity contribution is -0.122. The van der Waals surface area contributed by atoms with Crippen molar-refractivity contribution in [1.82, 2.24) is 5.32 Å². The summed E-state index contributed by atoms with van der Waals surface area (Å²) in [4.78, 5) is 12.1. The van der Waals surface area contributed by atoms with Gasteiger partial charge in [-0.25, -0.2) is 8.42 Å². The molecule has 1 N–H and O–H groups in total. The number of ether oxygens (including phenoxy) is 2. The summed E-state index contributed by atoms with van der Waals surface area (Å²) >= 11 is 0. The first-order valence-corrected chi connectivity index (χ1v) is 8.56. The molecule has 1 rings (SSSR count). The lowest BCUT2D eigenvalue weighted by atomic mass is 10.2. The van der Waals surface area contributed by atoms with Gasteiger partial charge >= 0.3 is 0 Å². The summed E-state index contributed by atoms with van der Waals surface area (Å²) in [5.41, 5.74) is 0.401. The number of amides is 1. The minimum atomic E-state index is -3.61. The van der Waals surface area contributed by atoms with E-state index in [1.165, 1.54) is 21.1 Å². The summed E-state index contributed by atoms with van der Waals surface area (Å²) in [6, 6.07) is 5.60. The molecular weight excluding hydrogens is 308 g/mol. The van der Waals surface area contributed by atoms with Gasteiger partial charge in [0.2, 0.25) is 15.9 Å². The van der Waals surface area contributed by atoms with E-state index in [1.807, 2.05) is 0 Å². The molecule has 1 aromatic carbocycles. The molecule has 0 saturated carbocycles. The molecule has 7 nitrogen and oxygen atoms in total. The molecule has 0 radical (unpaired) electrons. The molecule has 0 aliphatic rings. The van der Waals surface area contributed by atoms with Crippen molar-refractivity contribution in [1.29, 1.82) is 0 Å². The number of anilines is 1. The zero-order valence-corrected chi connectivity index (χ0v) is 14.0. The Kier molecular flexibility index (Phi) is 6.63. The summed E-state index contributed by atoms with van der Waals surface area (Å²) in [5, 5.41) is 2.63. The summed E-state index contributed by atoms with van der Waals surface area (Å²) in [5.74, 6) is 0.215. The highest BCUT2D eigenvalue weighted by molar-refractivity contribution is 7.92. The SMILES string of the molecule is COCCNC(=O)C(C)N(c1ccc(OC)cc1)S(C)(=O)=O. The molecule has 1 amide bonds. The van der Waals surface area contributed by atoms with Crippen LogP contribution in [0.4, 0.5) is 5.69 Å². The van der Waals surface area contributed by atoms with Crippen LogP contribution in [-0.4, -0.2) is 54.0 Å². The summed E-state index contributed by atoms with van der Waals surface area (Å²) < 4.78 is 35.1. The fraction of sp³-hybridized carbons (Fsp3) is 0.500. The van der Waals surface area contributed by atoms with Crippen molar-refractivity contribution in [3.63, 3.8) is 0 Å². The predicted octanol–water partition coefficient (Wildman–Crippen LogP) is 0.612. The van der Waals surface area contributed by atoms with Crippen LogP contribution in [0.15, 0.2) is 24.3 Å². The molecule has 0 saturated heterocycles. The maximum absolute atomic E-state index is 12.1. The topological polar surface area (TPSA) is 84.9 Å². The van der Waals surface area contributed by atoms with E-state index in [-0.39, 0.29) is 0 Å². The largest absolute Gasteiger partial charge is 0.497 e. The minimum absolute atomic E-state index is 0.319.